The van der Waals surface area contributed by atoms with Gasteiger partial charge in [0.2, 0.25) is 10.0 Å². The number of hydrogen-bond donors (Lipinski definition) is 2. The van der Waals surface area contributed by atoms with E-state index in [4.69, 9.17) is 4.74 Å². The van der Waals surface area contributed by atoms with Gasteiger partial charge in [0, 0.05) is 24.9 Å². The fraction of sp³-hybridized carbons (Fsp3) is 0.294. The highest BCUT2D eigenvalue weighted by molar-refractivity contribution is 7.89. The molecule has 7 nitrogen and oxygen atoms in total. The van der Waals surface area contributed by atoms with Gasteiger partial charge >= 0.3 is 0 Å². The molecule has 0 aliphatic heterocycles. The van der Waals surface area contributed by atoms with Crippen LogP contribution in [0.25, 0.3) is 0 Å². The van der Waals surface area contributed by atoms with Crippen LogP contribution in [0.1, 0.15) is 21.6 Å². The van der Waals surface area contributed by atoms with Crippen molar-refractivity contribution in [1.29, 1.82) is 0 Å². The van der Waals surface area contributed by atoms with Crippen molar-refractivity contribution in [2.75, 3.05) is 25.6 Å². The number of anilines is 1. The second kappa shape index (κ2) is 8.19. The number of benzene rings is 1. The number of rotatable bonds is 7. The molecule has 0 atom stereocenters. The Bertz CT molecular complexity index is 866. The van der Waals surface area contributed by atoms with E-state index in [-0.39, 0.29) is 23.6 Å². The van der Waals surface area contributed by atoms with Crippen molar-refractivity contribution in [3.8, 4) is 0 Å². The van der Waals surface area contributed by atoms with Gasteiger partial charge in [-0.2, -0.15) is 0 Å². The number of hydrogen-bond acceptors (Lipinski definition) is 5. The molecule has 8 heteroatoms. The van der Waals surface area contributed by atoms with Gasteiger partial charge in [-0.15, -0.1) is 0 Å². The van der Waals surface area contributed by atoms with Gasteiger partial charge in [-0.25, -0.2) is 18.1 Å². The molecule has 134 valence electrons. The summed E-state index contributed by atoms with van der Waals surface area (Å²) < 4.78 is 31.8. The summed E-state index contributed by atoms with van der Waals surface area (Å²) in [6, 6.07) is 9.70. The number of sulfonamides is 1. The summed E-state index contributed by atoms with van der Waals surface area (Å²) in [6.07, 6.45) is 0. The van der Waals surface area contributed by atoms with Crippen LogP contribution < -0.4 is 10.0 Å². The lowest BCUT2D eigenvalue weighted by Gasteiger charge is -2.11. The zero-order valence-corrected chi connectivity index (χ0v) is 15.2. The van der Waals surface area contributed by atoms with Crippen LogP contribution in [0, 0.1) is 13.8 Å². The quantitative estimate of drug-likeness (QED) is 0.732. The highest BCUT2D eigenvalue weighted by atomic mass is 32.2. The van der Waals surface area contributed by atoms with Crippen LogP contribution in [-0.4, -0.2) is 39.6 Å². The second-order valence-corrected chi connectivity index (χ2v) is 7.25. The summed E-state index contributed by atoms with van der Waals surface area (Å²) in [7, 11) is -2.22. The number of pyridine rings is 1. The number of aryl methyl sites for hydroxylation is 2. The van der Waals surface area contributed by atoms with Gasteiger partial charge in [-0.05, 0) is 43.7 Å². The molecule has 0 aliphatic rings. The normalized spacial score (nSPS) is 11.3. The van der Waals surface area contributed by atoms with E-state index >= 15 is 0 Å². The first-order chi connectivity index (χ1) is 11.8. The van der Waals surface area contributed by atoms with Gasteiger partial charge in [-0.1, -0.05) is 12.1 Å². The van der Waals surface area contributed by atoms with Crippen LogP contribution in [0.4, 0.5) is 5.82 Å². The molecule has 0 aliphatic carbocycles. The minimum atomic E-state index is -3.71. The number of aromatic nitrogens is 1. The Labute approximate surface area is 147 Å². The number of nitrogens with one attached hydrogen (secondary N) is 2. The highest BCUT2D eigenvalue weighted by Crippen LogP contribution is 2.17. The third kappa shape index (κ3) is 5.09. The van der Waals surface area contributed by atoms with Crippen LogP contribution in [-0.2, 0) is 14.8 Å². The molecule has 0 saturated carbocycles. The van der Waals surface area contributed by atoms with Crippen molar-refractivity contribution in [3.63, 3.8) is 0 Å². The zero-order chi connectivity index (χ0) is 18.4. The maximum Gasteiger partial charge on any atom is 0.257 e. The van der Waals surface area contributed by atoms with E-state index in [9.17, 15) is 13.2 Å². The molecular weight excluding hydrogens is 342 g/mol. The van der Waals surface area contributed by atoms with E-state index in [1.165, 1.54) is 19.2 Å². The summed E-state index contributed by atoms with van der Waals surface area (Å²) in [5.41, 5.74) is 1.71. The van der Waals surface area contributed by atoms with Gasteiger partial charge in [0.05, 0.1) is 11.5 Å². The number of nitrogens with zero attached hydrogens (tertiary/aromatic N) is 1. The first-order valence-corrected chi connectivity index (χ1v) is 9.16. The zero-order valence-electron chi connectivity index (χ0n) is 14.4. The molecule has 2 aromatic rings. The summed E-state index contributed by atoms with van der Waals surface area (Å²) in [5.74, 6) is 0.000390. The average Bonchev–Trinajstić information content (AvgIpc) is 2.55. The Morgan fingerprint density at radius 1 is 1.20 bits per heavy atom. The van der Waals surface area contributed by atoms with Crippen LogP contribution in [0.2, 0.25) is 0 Å². The minimum Gasteiger partial charge on any atom is -0.383 e. The average molecular weight is 363 g/mol. The monoisotopic (exact) mass is 363 g/mol. The fourth-order valence-electron chi connectivity index (χ4n) is 2.17. The van der Waals surface area contributed by atoms with Gasteiger partial charge in [0.1, 0.15) is 5.82 Å². The maximum atomic E-state index is 12.5. The van der Waals surface area contributed by atoms with Crippen LogP contribution in [0.3, 0.4) is 0 Å². The van der Waals surface area contributed by atoms with Gasteiger partial charge in [0.25, 0.3) is 5.91 Å². The summed E-state index contributed by atoms with van der Waals surface area (Å²) in [4.78, 5) is 16.7. The summed E-state index contributed by atoms with van der Waals surface area (Å²) >= 11 is 0. The molecule has 2 N–H and O–H groups in total. The molecule has 2 rings (SSSR count). The van der Waals surface area contributed by atoms with E-state index < -0.39 is 15.9 Å². The Morgan fingerprint density at radius 3 is 2.64 bits per heavy atom. The Balaban J connectivity index is 2.25. The Kier molecular flexibility index (Phi) is 6.24. The molecule has 0 spiro atoms. The van der Waals surface area contributed by atoms with Gasteiger partial charge in [0.15, 0.2) is 0 Å². The van der Waals surface area contributed by atoms with Crippen molar-refractivity contribution in [2.24, 2.45) is 0 Å². The largest absolute Gasteiger partial charge is 0.383 e. The molecule has 1 heterocycles. The van der Waals surface area contributed by atoms with E-state index in [1.54, 1.807) is 25.1 Å². The number of methoxy groups -OCH3 is 1. The third-order valence-electron chi connectivity index (χ3n) is 3.49. The Hall–Kier alpha value is -2.29. The lowest BCUT2D eigenvalue weighted by atomic mass is 10.1. The highest BCUT2D eigenvalue weighted by Gasteiger charge is 2.18. The SMILES string of the molecule is COCCNS(=O)(=O)c1ccc(C)c(C(=O)Nc2cccc(C)n2)c1. The second-order valence-electron chi connectivity index (χ2n) is 5.49. The molecule has 0 fully saturated rings. The maximum absolute atomic E-state index is 12.5. The molecular formula is C17H21N3O4S. The number of ether oxygens (including phenoxy) is 1. The third-order valence-corrected chi connectivity index (χ3v) is 4.95. The molecule has 0 saturated heterocycles. The lowest BCUT2D eigenvalue weighted by Crippen LogP contribution is -2.27. The first kappa shape index (κ1) is 19.0. The molecule has 0 radical (unpaired) electrons. The van der Waals surface area contributed by atoms with Gasteiger partial charge in [-0.3, -0.25) is 4.79 Å². The van der Waals surface area contributed by atoms with E-state index in [0.29, 0.717) is 11.4 Å². The van der Waals surface area contributed by atoms with Gasteiger partial charge < -0.3 is 10.1 Å². The number of carbonyl (C=O) groups excluding carboxylic acids is 1. The first-order valence-electron chi connectivity index (χ1n) is 7.68. The molecule has 1 amide bonds. The summed E-state index contributed by atoms with van der Waals surface area (Å²) in [6.45, 7) is 3.98. The minimum absolute atomic E-state index is 0.0246. The fourth-order valence-corrected chi connectivity index (χ4v) is 3.21. The smallest absolute Gasteiger partial charge is 0.257 e. The topological polar surface area (TPSA) is 97.4 Å². The van der Waals surface area contributed by atoms with Crippen molar-refractivity contribution in [2.45, 2.75) is 18.7 Å². The van der Waals surface area contributed by atoms with Crippen molar-refractivity contribution < 1.29 is 17.9 Å². The van der Waals surface area contributed by atoms with Crippen molar-refractivity contribution in [3.05, 3.63) is 53.2 Å². The molecule has 1 aromatic heterocycles. The Morgan fingerprint density at radius 2 is 1.96 bits per heavy atom. The predicted molar refractivity (Wildman–Crippen MR) is 95.2 cm³/mol. The predicted octanol–water partition coefficient (Wildman–Crippen LogP) is 1.88. The van der Waals surface area contributed by atoms with E-state index in [1.807, 2.05) is 13.0 Å². The van der Waals surface area contributed by atoms with Crippen LogP contribution in [0.15, 0.2) is 41.3 Å². The molecule has 25 heavy (non-hydrogen) atoms. The number of carbonyl (C=O) groups is 1. The van der Waals surface area contributed by atoms with E-state index in [0.717, 1.165) is 5.69 Å². The molecule has 1 aromatic carbocycles. The summed E-state index contributed by atoms with van der Waals surface area (Å²) in [5, 5.41) is 2.69. The standard InChI is InChI=1S/C17H21N3O4S/c1-12-7-8-14(25(22,23)18-9-10-24-3)11-15(12)17(21)20-16-6-4-5-13(2)19-16/h4-8,11,18H,9-10H2,1-3H3,(H,19,20,21). The van der Waals surface area contributed by atoms with Crippen LogP contribution >= 0.6 is 0 Å². The van der Waals surface area contributed by atoms with E-state index in [2.05, 4.69) is 15.0 Å². The van der Waals surface area contributed by atoms with Crippen molar-refractivity contribution in [1.82, 2.24) is 9.71 Å². The lowest BCUT2D eigenvalue weighted by molar-refractivity contribution is 0.102. The molecule has 0 unspecified atom stereocenters. The van der Waals surface area contributed by atoms with Crippen molar-refractivity contribution >= 4 is 21.7 Å². The molecule has 0 bridgehead atoms. The number of amides is 1. The van der Waals surface area contributed by atoms with Crippen LogP contribution in [0.5, 0.6) is 0 Å².